The molecule has 0 fully saturated rings. The van der Waals surface area contributed by atoms with Crippen LogP contribution >= 0.6 is 0 Å². The quantitative estimate of drug-likeness (QED) is 0.742. The minimum atomic E-state index is -0.180. The van der Waals surface area contributed by atoms with E-state index in [1.165, 1.54) is 11.1 Å². The molecule has 2 heterocycles. The Bertz CT molecular complexity index is 809. The average Bonchev–Trinajstić information content (AvgIpc) is 2.96. The summed E-state index contributed by atoms with van der Waals surface area (Å²) in [4.78, 5) is 2.24. The first kappa shape index (κ1) is 12.5. The molecule has 1 unspecified atom stereocenters. The SMILES string of the molecule is CN1Cc2ccccc2C(c2ccc3cn[nH]c3c2F)C1. The Balaban J connectivity index is 1.90. The smallest absolute Gasteiger partial charge is 0.152 e. The summed E-state index contributed by atoms with van der Waals surface area (Å²) in [5.41, 5.74) is 3.75. The minimum Gasteiger partial charge on any atom is -0.301 e. The van der Waals surface area contributed by atoms with E-state index in [0.717, 1.165) is 24.0 Å². The van der Waals surface area contributed by atoms with Gasteiger partial charge >= 0.3 is 0 Å². The Kier molecular flexibility index (Phi) is 2.79. The van der Waals surface area contributed by atoms with Gasteiger partial charge in [-0.2, -0.15) is 5.10 Å². The fourth-order valence-electron chi connectivity index (χ4n) is 3.31. The molecule has 21 heavy (non-hydrogen) atoms. The number of H-pyrrole nitrogens is 1. The highest BCUT2D eigenvalue weighted by molar-refractivity contribution is 5.79. The lowest BCUT2D eigenvalue weighted by Crippen LogP contribution is -2.31. The lowest BCUT2D eigenvalue weighted by atomic mass is 9.84. The number of nitrogens with one attached hydrogen (secondary N) is 1. The van der Waals surface area contributed by atoms with Gasteiger partial charge in [0.15, 0.2) is 5.82 Å². The van der Waals surface area contributed by atoms with Crippen molar-refractivity contribution in [2.45, 2.75) is 12.5 Å². The predicted molar refractivity (Wildman–Crippen MR) is 80.7 cm³/mol. The Morgan fingerprint density at radius 3 is 2.95 bits per heavy atom. The Morgan fingerprint density at radius 1 is 1.19 bits per heavy atom. The second kappa shape index (κ2) is 4.67. The van der Waals surface area contributed by atoms with Crippen LogP contribution < -0.4 is 0 Å². The van der Waals surface area contributed by atoms with Crippen LogP contribution in [0.2, 0.25) is 0 Å². The molecular weight excluding hydrogens is 265 g/mol. The number of benzene rings is 2. The van der Waals surface area contributed by atoms with Crippen molar-refractivity contribution in [1.29, 1.82) is 0 Å². The van der Waals surface area contributed by atoms with Crippen LogP contribution in [0, 0.1) is 5.82 Å². The normalized spacial score (nSPS) is 18.9. The molecule has 4 heteroatoms. The summed E-state index contributed by atoms with van der Waals surface area (Å²) in [6, 6.07) is 12.2. The first-order valence-electron chi connectivity index (χ1n) is 7.12. The van der Waals surface area contributed by atoms with Crippen LogP contribution in [0.1, 0.15) is 22.6 Å². The summed E-state index contributed by atoms with van der Waals surface area (Å²) < 4.78 is 14.8. The van der Waals surface area contributed by atoms with Gasteiger partial charge in [0.25, 0.3) is 0 Å². The van der Waals surface area contributed by atoms with Crippen LogP contribution in [0.5, 0.6) is 0 Å². The van der Waals surface area contributed by atoms with E-state index in [2.05, 4.69) is 34.3 Å². The van der Waals surface area contributed by atoms with Crippen molar-refractivity contribution in [2.75, 3.05) is 13.6 Å². The third-order valence-electron chi connectivity index (χ3n) is 4.32. The second-order valence-electron chi connectivity index (χ2n) is 5.75. The molecule has 4 rings (SSSR count). The first-order chi connectivity index (χ1) is 10.2. The zero-order chi connectivity index (χ0) is 14.4. The molecule has 0 aliphatic carbocycles. The molecule has 0 amide bonds. The molecule has 0 saturated heterocycles. The van der Waals surface area contributed by atoms with Gasteiger partial charge in [-0.1, -0.05) is 36.4 Å². The molecule has 1 aliphatic heterocycles. The van der Waals surface area contributed by atoms with E-state index in [1.54, 1.807) is 6.20 Å². The van der Waals surface area contributed by atoms with Gasteiger partial charge in [-0.15, -0.1) is 0 Å². The van der Waals surface area contributed by atoms with E-state index in [9.17, 15) is 4.39 Å². The zero-order valence-electron chi connectivity index (χ0n) is 11.8. The highest BCUT2D eigenvalue weighted by atomic mass is 19.1. The number of fused-ring (bicyclic) bond motifs is 2. The van der Waals surface area contributed by atoms with Crippen LogP contribution in [0.15, 0.2) is 42.6 Å². The van der Waals surface area contributed by atoms with Gasteiger partial charge in [0.1, 0.15) is 5.52 Å². The van der Waals surface area contributed by atoms with Gasteiger partial charge in [0.2, 0.25) is 0 Å². The third-order valence-corrected chi connectivity index (χ3v) is 4.32. The molecule has 0 saturated carbocycles. The van der Waals surface area contributed by atoms with Gasteiger partial charge in [-0.3, -0.25) is 5.10 Å². The van der Waals surface area contributed by atoms with Crippen molar-refractivity contribution in [3.8, 4) is 0 Å². The topological polar surface area (TPSA) is 31.9 Å². The van der Waals surface area contributed by atoms with E-state index in [0.29, 0.717) is 5.52 Å². The number of aromatic nitrogens is 2. The van der Waals surface area contributed by atoms with Crippen molar-refractivity contribution in [3.63, 3.8) is 0 Å². The van der Waals surface area contributed by atoms with Crippen LogP contribution in [0.4, 0.5) is 4.39 Å². The van der Waals surface area contributed by atoms with E-state index in [4.69, 9.17) is 0 Å². The fourth-order valence-corrected chi connectivity index (χ4v) is 3.31. The predicted octanol–water partition coefficient (Wildman–Crippen LogP) is 3.28. The molecule has 1 atom stereocenters. The largest absolute Gasteiger partial charge is 0.301 e. The second-order valence-corrected chi connectivity index (χ2v) is 5.75. The Morgan fingerprint density at radius 2 is 2.05 bits per heavy atom. The van der Waals surface area contributed by atoms with E-state index in [1.807, 2.05) is 24.3 Å². The molecule has 1 aliphatic rings. The van der Waals surface area contributed by atoms with Gasteiger partial charge < -0.3 is 4.90 Å². The summed E-state index contributed by atoms with van der Waals surface area (Å²) in [5.74, 6) is -0.118. The first-order valence-corrected chi connectivity index (χ1v) is 7.12. The summed E-state index contributed by atoms with van der Waals surface area (Å²) in [7, 11) is 2.08. The highest BCUT2D eigenvalue weighted by Crippen LogP contribution is 2.35. The van der Waals surface area contributed by atoms with Crippen LogP contribution in [-0.4, -0.2) is 28.7 Å². The number of likely N-dealkylation sites (N-methyl/N-ethyl adjacent to an activating group) is 1. The Labute approximate surface area is 122 Å². The minimum absolute atomic E-state index is 0.0626. The number of hydrogen-bond donors (Lipinski definition) is 1. The molecule has 0 bridgehead atoms. The monoisotopic (exact) mass is 281 g/mol. The fraction of sp³-hybridized carbons (Fsp3) is 0.235. The van der Waals surface area contributed by atoms with Crippen molar-refractivity contribution < 1.29 is 4.39 Å². The lowest BCUT2D eigenvalue weighted by Gasteiger charge is -2.32. The standard InChI is InChI=1S/C17H16FN3/c1-21-9-12-4-2-3-5-13(12)15(10-21)14-7-6-11-8-19-20-17(11)16(14)18/h2-8,15H,9-10H2,1H3,(H,19,20). The van der Waals surface area contributed by atoms with Crippen molar-refractivity contribution in [2.24, 2.45) is 0 Å². The zero-order valence-corrected chi connectivity index (χ0v) is 11.8. The van der Waals surface area contributed by atoms with Crippen LogP contribution in [0.3, 0.4) is 0 Å². The molecule has 0 radical (unpaired) electrons. The average molecular weight is 281 g/mol. The van der Waals surface area contributed by atoms with Crippen molar-refractivity contribution in [3.05, 3.63) is 65.1 Å². The molecular formula is C17H16FN3. The maximum Gasteiger partial charge on any atom is 0.152 e. The van der Waals surface area contributed by atoms with Crippen molar-refractivity contribution >= 4 is 10.9 Å². The number of hydrogen-bond acceptors (Lipinski definition) is 2. The molecule has 1 N–H and O–H groups in total. The van der Waals surface area contributed by atoms with Gasteiger partial charge in [0, 0.05) is 24.4 Å². The molecule has 0 spiro atoms. The van der Waals surface area contributed by atoms with Crippen molar-refractivity contribution in [1.82, 2.24) is 15.1 Å². The summed E-state index contributed by atoms with van der Waals surface area (Å²) in [6.45, 7) is 1.74. The maximum atomic E-state index is 14.8. The maximum absolute atomic E-state index is 14.8. The third kappa shape index (κ3) is 1.94. The number of halogens is 1. The molecule has 3 nitrogen and oxygen atoms in total. The summed E-state index contributed by atoms with van der Waals surface area (Å²) in [6.07, 6.45) is 1.66. The van der Waals surface area contributed by atoms with E-state index in [-0.39, 0.29) is 11.7 Å². The molecule has 2 aromatic carbocycles. The lowest BCUT2D eigenvalue weighted by molar-refractivity contribution is 0.293. The molecule has 3 aromatic rings. The molecule has 106 valence electrons. The number of nitrogens with zero attached hydrogens (tertiary/aromatic N) is 2. The number of rotatable bonds is 1. The highest BCUT2D eigenvalue weighted by Gasteiger charge is 2.27. The Hall–Kier alpha value is -2.20. The number of aromatic amines is 1. The van der Waals surface area contributed by atoms with Gasteiger partial charge in [-0.05, 0) is 23.7 Å². The van der Waals surface area contributed by atoms with Gasteiger partial charge in [-0.25, -0.2) is 4.39 Å². The van der Waals surface area contributed by atoms with Gasteiger partial charge in [0.05, 0.1) is 6.20 Å². The summed E-state index contributed by atoms with van der Waals surface area (Å²) >= 11 is 0. The van der Waals surface area contributed by atoms with Crippen LogP contribution in [-0.2, 0) is 6.54 Å². The van der Waals surface area contributed by atoms with Crippen LogP contribution in [0.25, 0.3) is 10.9 Å². The van der Waals surface area contributed by atoms with E-state index < -0.39 is 0 Å². The molecule has 1 aromatic heterocycles. The summed E-state index contributed by atoms with van der Waals surface area (Å²) in [5, 5.41) is 7.51. The van der Waals surface area contributed by atoms with E-state index >= 15 is 0 Å².